The van der Waals surface area contributed by atoms with Crippen molar-refractivity contribution in [2.24, 2.45) is 0 Å². The zero-order valence-corrected chi connectivity index (χ0v) is 17.3. The van der Waals surface area contributed by atoms with Gasteiger partial charge in [-0.2, -0.15) is 0 Å². The molecule has 0 bridgehead atoms. The normalized spacial score (nSPS) is 17.4. The molecule has 1 atom stereocenters. The van der Waals surface area contributed by atoms with Gasteiger partial charge >= 0.3 is 0 Å². The van der Waals surface area contributed by atoms with E-state index in [1.165, 1.54) is 12.1 Å². The topological polar surface area (TPSA) is 79.0 Å². The molecule has 7 nitrogen and oxygen atoms in total. The van der Waals surface area contributed by atoms with Crippen molar-refractivity contribution in [2.45, 2.75) is 6.04 Å². The van der Waals surface area contributed by atoms with Crippen molar-refractivity contribution < 1.29 is 19.1 Å². The van der Waals surface area contributed by atoms with Crippen LogP contribution in [-0.4, -0.2) is 66.9 Å². The molecule has 2 aliphatic rings. The first kappa shape index (κ1) is 21.0. The summed E-state index contributed by atoms with van der Waals surface area (Å²) in [4.78, 5) is 41.5. The number of amides is 3. The summed E-state index contributed by atoms with van der Waals surface area (Å²) in [5, 5.41) is 3.10. The summed E-state index contributed by atoms with van der Waals surface area (Å²) in [7, 11) is 0. The lowest BCUT2D eigenvalue weighted by atomic mass is 10.0. The molecule has 2 aliphatic heterocycles. The molecule has 1 saturated heterocycles. The third-order valence-electron chi connectivity index (χ3n) is 5.60. The second kappa shape index (κ2) is 9.24. The second-order valence-corrected chi connectivity index (χ2v) is 7.62. The molecular weight excluding hydrogens is 394 g/mol. The Morgan fingerprint density at radius 2 is 1.77 bits per heavy atom. The first-order valence-corrected chi connectivity index (χ1v) is 10.4. The van der Waals surface area contributed by atoms with E-state index >= 15 is 0 Å². The van der Waals surface area contributed by atoms with Crippen molar-refractivity contribution >= 4 is 17.7 Å². The first-order valence-electron chi connectivity index (χ1n) is 10.4. The summed E-state index contributed by atoms with van der Waals surface area (Å²) < 4.78 is 5.43. The van der Waals surface area contributed by atoms with Crippen LogP contribution in [-0.2, 0) is 4.74 Å². The van der Waals surface area contributed by atoms with E-state index in [0.717, 1.165) is 23.6 Å². The van der Waals surface area contributed by atoms with Crippen molar-refractivity contribution in [3.05, 3.63) is 83.4 Å². The molecule has 160 valence electrons. The second-order valence-electron chi connectivity index (χ2n) is 7.62. The quantitative estimate of drug-likeness (QED) is 0.550. The highest BCUT2D eigenvalue weighted by molar-refractivity contribution is 6.22. The highest BCUT2D eigenvalue weighted by atomic mass is 16.5. The van der Waals surface area contributed by atoms with Gasteiger partial charge in [-0.3, -0.25) is 24.2 Å². The minimum atomic E-state index is -0.400. The molecule has 0 aromatic heterocycles. The Bertz CT molecular complexity index is 999. The van der Waals surface area contributed by atoms with Crippen LogP contribution < -0.4 is 5.32 Å². The molecular formula is C24H25N3O4. The number of rotatable bonds is 7. The van der Waals surface area contributed by atoms with E-state index in [4.69, 9.17) is 4.74 Å². The van der Waals surface area contributed by atoms with Crippen LogP contribution in [0.5, 0.6) is 0 Å². The largest absolute Gasteiger partial charge is 0.379 e. The van der Waals surface area contributed by atoms with Crippen molar-refractivity contribution in [3.8, 4) is 0 Å². The van der Waals surface area contributed by atoms with Gasteiger partial charge in [-0.15, -0.1) is 6.58 Å². The van der Waals surface area contributed by atoms with Crippen molar-refractivity contribution in [2.75, 3.05) is 39.4 Å². The van der Waals surface area contributed by atoms with Gasteiger partial charge in [0.2, 0.25) is 0 Å². The molecule has 0 spiro atoms. The van der Waals surface area contributed by atoms with Crippen LogP contribution in [0.25, 0.3) is 0 Å². The lowest BCUT2D eigenvalue weighted by Crippen LogP contribution is -2.43. The molecule has 0 saturated carbocycles. The third kappa shape index (κ3) is 4.42. The number of fused-ring (bicyclic) bond motifs is 1. The van der Waals surface area contributed by atoms with E-state index in [1.807, 2.05) is 30.3 Å². The van der Waals surface area contributed by atoms with E-state index in [-0.39, 0.29) is 30.0 Å². The Kier molecular flexibility index (Phi) is 6.25. The Labute approximate surface area is 181 Å². The maximum absolute atomic E-state index is 13.1. The van der Waals surface area contributed by atoms with Gasteiger partial charge in [-0.1, -0.05) is 36.4 Å². The standard InChI is InChI=1S/C24H25N3O4/c1-2-10-27-23(29)19-9-8-18(15-20(19)24(27)30)22(28)25-21(17-6-4-3-5-7-17)16-26-11-13-31-14-12-26/h2-9,15,21H,1,10-14,16H2,(H,25,28)/t21-/m1/s1. The van der Waals surface area contributed by atoms with Gasteiger partial charge in [0.25, 0.3) is 17.7 Å². The maximum Gasteiger partial charge on any atom is 0.261 e. The zero-order chi connectivity index (χ0) is 21.8. The fraction of sp³-hybridized carbons (Fsp3) is 0.292. The number of carbonyl (C=O) groups is 3. The van der Waals surface area contributed by atoms with Crippen LogP contribution in [0.4, 0.5) is 0 Å². The molecule has 0 aliphatic carbocycles. The highest BCUT2D eigenvalue weighted by Crippen LogP contribution is 2.24. The van der Waals surface area contributed by atoms with Crippen LogP contribution >= 0.6 is 0 Å². The highest BCUT2D eigenvalue weighted by Gasteiger charge is 2.35. The predicted octanol–water partition coefficient (Wildman–Crippen LogP) is 2.27. The van der Waals surface area contributed by atoms with Crippen LogP contribution in [0.1, 0.15) is 42.7 Å². The molecule has 2 aromatic rings. The summed E-state index contributed by atoms with van der Waals surface area (Å²) in [6, 6.07) is 14.2. The number of imide groups is 1. The van der Waals surface area contributed by atoms with Crippen molar-refractivity contribution in [1.29, 1.82) is 0 Å². The smallest absolute Gasteiger partial charge is 0.261 e. The summed E-state index contributed by atoms with van der Waals surface area (Å²) in [5.41, 5.74) is 1.93. The Morgan fingerprint density at radius 1 is 1.06 bits per heavy atom. The predicted molar refractivity (Wildman–Crippen MR) is 116 cm³/mol. The van der Waals surface area contributed by atoms with Gasteiger partial charge in [-0.25, -0.2) is 0 Å². The van der Waals surface area contributed by atoms with E-state index in [1.54, 1.807) is 12.1 Å². The molecule has 1 fully saturated rings. The average molecular weight is 419 g/mol. The van der Waals surface area contributed by atoms with Crippen LogP contribution in [0.15, 0.2) is 61.2 Å². The summed E-state index contributed by atoms with van der Waals surface area (Å²) >= 11 is 0. The zero-order valence-electron chi connectivity index (χ0n) is 17.3. The van der Waals surface area contributed by atoms with E-state index in [0.29, 0.717) is 30.9 Å². The maximum atomic E-state index is 13.1. The fourth-order valence-corrected chi connectivity index (χ4v) is 3.93. The number of carbonyl (C=O) groups excluding carboxylic acids is 3. The summed E-state index contributed by atoms with van der Waals surface area (Å²) in [6.45, 7) is 7.38. The number of hydrogen-bond acceptors (Lipinski definition) is 5. The number of morpholine rings is 1. The molecule has 2 aromatic carbocycles. The molecule has 7 heteroatoms. The Morgan fingerprint density at radius 3 is 2.48 bits per heavy atom. The third-order valence-corrected chi connectivity index (χ3v) is 5.60. The number of hydrogen-bond donors (Lipinski definition) is 1. The summed E-state index contributed by atoms with van der Waals surface area (Å²) in [6.07, 6.45) is 1.51. The van der Waals surface area contributed by atoms with E-state index in [2.05, 4.69) is 16.8 Å². The number of nitrogens with zero attached hydrogens (tertiary/aromatic N) is 2. The minimum Gasteiger partial charge on any atom is -0.379 e. The van der Waals surface area contributed by atoms with Crippen LogP contribution in [0.3, 0.4) is 0 Å². The lowest BCUT2D eigenvalue weighted by molar-refractivity contribution is 0.0332. The average Bonchev–Trinajstić information content (AvgIpc) is 3.04. The van der Waals surface area contributed by atoms with Crippen LogP contribution in [0.2, 0.25) is 0 Å². The molecule has 0 radical (unpaired) electrons. The van der Waals surface area contributed by atoms with Crippen LogP contribution in [0, 0.1) is 0 Å². The lowest BCUT2D eigenvalue weighted by Gasteiger charge is -2.31. The van der Waals surface area contributed by atoms with Crippen molar-refractivity contribution in [1.82, 2.24) is 15.1 Å². The molecule has 4 rings (SSSR count). The Balaban J connectivity index is 1.54. The van der Waals surface area contributed by atoms with E-state index in [9.17, 15) is 14.4 Å². The molecule has 31 heavy (non-hydrogen) atoms. The van der Waals surface area contributed by atoms with Gasteiger partial charge in [-0.05, 0) is 23.8 Å². The number of ether oxygens (including phenoxy) is 1. The van der Waals surface area contributed by atoms with Gasteiger partial charge in [0, 0.05) is 31.7 Å². The number of nitrogens with one attached hydrogen (secondary N) is 1. The monoisotopic (exact) mass is 419 g/mol. The van der Waals surface area contributed by atoms with Gasteiger partial charge in [0.05, 0.1) is 30.4 Å². The molecule has 0 unspecified atom stereocenters. The van der Waals surface area contributed by atoms with Crippen molar-refractivity contribution in [3.63, 3.8) is 0 Å². The molecule has 3 amide bonds. The molecule has 2 heterocycles. The summed E-state index contributed by atoms with van der Waals surface area (Å²) in [5.74, 6) is -1.05. The van der Waals surface area contributed by atoms with Gasteiger partial charge in [0.15, 0.2) is 0 Å². The van der Waals surface area contributed by atoms with E-state index < -0.39 is 5.91 Å². The van der Waals surface area contributed by atoms with Gasteiger partial charge in [0.1, 0.15) is 0 Å². The first-order chi connectivity index (χ1) is 15.1. The fourth-order valence-electron chi connectivity index (χ4n) is 3.93. The minimum absolute atomic E-state index is 0.142. The van der Waals surface area contributed by atoms with Gasteiger partial charge < -0.3 is 10.1 Å². The number of benzene rings is 2. The Hall–Kier alpha value is -3.29. The SMILES string of the molecule is C=CCN1C(=O)c2ccc(C(=O)N[C@H](CN3CCOCC3)c3ccccc3)cc2C1=O. The molecule has 1 N–H and O–H groups in total.